The lowest BCUT2D eigenvalue weighted by molar-refractivity contribution is -0.143. The van der Waals surface area contributed by atoms with Gasteiger partial charge in [-0.05, 0) is 5.92 Å². The highest BCUT2D eigenvalue weighted by atomic mass is 19.4. The molecule has 0 unspecified atom stereocenters. The van der Waals surface area contributed by atoms with Crippen LogP contribution in [0.15, 0.2) is 10.8 Å². The van der Waals surface area contributed by atoms with E-state index in [0.29, 0.717) is 0 Å². The SMILES string of the molecule is CC(C)c1conc1C(F)(F)F. The van der Waals surface area contributed by atoms with Crippen LogP contribution in [0.25, 0.3) is 0 Å². The highest BCUT2D eigenvalue weighted by Crippen LogP contribution is 2.33. The van der Waals surface area contributed by atoms with E-state index in [4.69, 9.17) is 0 Å². The maximum atomic E-state index is 12.1. The third-order valence-electron chi connectivity index (χ3n) is 1.49. The minimum absolute atomic E-state index is 0.0995. The molecule has 0 saturated heterocycles. The minimum atomic E-state index is -4.41. The van der Waals surface area contributed by atoms with E-state index in [2.05, 4.69) is 9.68 Å². The third-order valence-corrected chi connectivity index (χ3v) is 1.49. The molecular weight excluding hydrogens is 171 g/mol. The lowest BCUT2D eigenvalue weighted by Crippen LogP contribution is -2.09. The maximum absolute atomic E-state index is 12.1. The molecule has 1 aromatic rings. The topological polar surface area (TPSA) is 26.0 Å². The zero-order valence-electron chi connectivity index (χ0n) is 6.64. The van der Waals surface area contributed by atoms with Gasteiger partial charge in [0.25, 0.3) is 0 Å². The molecule has 0 aliphatic rings. The Morgan fingerprint density at radius 1 is 1.42 bits per heavy atom. The summed E-state index contributed by atoms with van der Waals surface area (Å²) in [6, 6.07) is 0. The van der Waals surface area contributed by atoms with Crippen molar-refractivity contribution in [2.24, 2.45) is 0 Å². The van der Waals surface area contributed by atoms with E-state index in [-0.39, 0.29) is 11.5 Å². The van der Waals surface area contributed by atoms with Gasteiger partial charge in [0.2, 0.25) is 0 Å². The van der Waals surface area contributed by atoms with Gasteiger partial charge in [0.15, 0.2) is 5.69 Å². The van der Waals surface area contributed by atoms with E-state index in [1.807, 2.05) is 0 Å². The normalized spacial score (nSPS) is 12.5. The van der Waals surface area contributed by atoms with Crippen molar-refractivity contribution in [1.29, 1.82) is 0 Å². The molecule has 5 heteroatoms. The molecule has 0 atom stereocenters. The van der Waals surface area contributed by atoms with Gasteiger partial charge in [0.05, 0.1) is 0 Å². The van der Waals surface area contributed by atoms with E-state index in [9.17, 15) is 13.2 Å². The number of hydrogen-bond donors (Lipinski definition) is 0. The van der Waals surface area contributed by atoms with E-state index >= 15 is 0 Å². The van der Waals surface area contributed by atoms with Gasteiger partial charge < -0.3 is 4.52 Å². The quantitative estimate of drug-likeness (QED) is 0.662. The summed E-state index contributed by atoms with van der Waals surface area (Å²) in [4.78, 5) is 0. The molecule has 0 N–H and O–H groups in total. The monoisotopic (exact) mass is 179 g/mol. The van der Waals surface area contributed by atoms with Crippen LogP contribution in [0, 0.1) is 0 Å². The van der Waals surface area contributed by atoms with Gasteiger partial charge in [-0.2, -0.15) is 13.2 Å². The average molecular weight is 179 g/mol. The molecule has 1 rings (SSSR count). The summed E-state index contributed by atoms with van der Waals surface area (Å²) >= 11 is 0. The van der Waals surface area contributed by atoms with Crippen LogP contribution in [-0.2, 0) is 6.18 Å². The van der Waals surface area contributed by atoms with Crippen LogP contribution in [0.2, 0.25) is 0 Å². The molecule has 1 aromatic heterocycles. The molecular formula is C7H8F3NO. The minimum Gasteiger partial charge on any atom is -0.364 e. The fourth-order valence-electron chi connectivity index (χ4n) is 0.869. The van der Waals surface area contributed by atoms with Crippen molar-refractivity contribution in [2.75, 3.05) is 0 Å². The van der Waals surface area contributed by atoms with Crippen LogP contribution < -0.4 is 0 Å². The molecule has 68 valence electrons. The lowest BCUT2D eigenvalue weighted by Gasteiger charge is -2.06. The summed E-state index contributed by atoms with van der Waals surface area (Å²) < 4.78 is 40.6. The number of aromatic nitrogens is 1. The Morgan fingerprint density at radius 2 is 2.00 bits per heavy atom. The average Bonchev–Trinajstić information content (AvgIpc) is 2.30. The molecule has 12 heavy (non-hydrogen) atoms. The van der Waals surface area contributed by atoms with Crippen LogP contribution in [0.3, 0.4) is 0 Å². The van der Waals surface area contributed by atoms with Gasteiger partial charge in [-0.3, -0.25) is 0 Å². The number of alkyl halides is 3. The summed E-state index contributed by atoms with van der Waals surface area (Å²) in [6.07, 6.45) is -3.37. The first-order valence-electron chi connectivity index (χ1n) is 3.44. The lowest BCUT2D eigenvalue weighted by atomic mass is 10.0. The fourth-order valence-corrected chi connectivity index (χ4v) is 0.869. The van der Waals surface area contributed by atoms with Crippen molar-refractivity contribution >= 4 is 0 Å². The summed E-state index contributed by atoms with van der Waals surface area (Å²) in [5, 5.41) is 2.91. The molecule has 2 nitrogen and oxygen atoms in total. The second-order valence-electron chi connectivity index (χ2n) is 2.77. The Kier molecular flexibility index (Phi) is 2.12. The molecule has 1 heterocycles. The first-order valence-corrected chi connectivity index (χ1v) is 3.44. The molecule has 0 radical (unpaired) electrons. The van der Waals surface area contributed by atoms with Crippen molar-refractivity contribution in [3.63, 3.8) is 0 Å². The van der Waals surface area contributed by atoms with Crippen LogP contribution in [0.4, 0.5) is 13.2 Å². The van der Waals surface area contributed by atoms with Crippen molar-refractivity contribution in [2.45, 2.75) is 25.9 Å². The Bertz CT molecular complexity index is 264. The summed E-state index contributed by atoms with van der Waals surface area (Å²) in [5.74, 6) is -0.229. The van der Waals surface area contributed by atoms with Crippen LogP contribution >= 0.6 is 0 Å². The Balaban J connectivity index is 3.08. The molecule has 0 amide bonds. The van der Waals surface area contributed by atoms with Gasteiger partial charge in [-0.25, -0.2) is 0 Å². The van der Waals surface area contributed by atoms with Gasteiger partial charge in [-0.1, -0.05) is 19.0 Å². The summed E-state index contributed by atoms with van der Waals surface area (Å²) in [6.45, 7) is 3.31. The predicted molar refractivity (Wildman–Crippen MR) is 35.6 cm³/mol. The van der Waals surface area contributed by atoms with Gasteiger partial charge >= 0.3 is 6.18 Å². The molecule has 0 spiro atoms. The Labute approximate surface area is 67.4 Å². The van der Waals surface area contributed by atoms with Crippen LogP contribution in [-0.4, -0.2) is 5.16 Å². The molecule has 0 aliphatic heterocycles. The molecule has 0 aromatic carbocycles. The Hall–Kier alpha value is -1.00. The first-order chi connectivity index (χ1) is 5.43. The van der Waals surface area contributed by atoms with Crippen LogP contribution in [0.5, 0.6) is 0 Å². The molecule has 0 aliphatic carbocycles. The molecule has 0 saturated carbocycles. The second kappa shape index (κ2) is 2.80. The molecule has 0 bridgehead atoms. The Morgan fingerprint density at radius 3 is 2.33 bits per heavy atom. The van der Waals surface area contributed by atoms with E-state index < -0.39 is 11.9 Å². The number of nitrogens with zero attached hydrogens (tertiary/aromatic N) is 1. The van der Waals surface area contributed by atoms with Crippen molar-refractivity contribution in [1.82, 2.24) is 5.16 Å². The van der Waals surface area contributed by atoms with Gasteiger partial charge in [-0.15, -0.1) is 0 Å². The first kappa shape index (κ1) is 9.09. The molecule has 0 fully saturated rings. The van der Waals surface area contributed by atoms with Crippen LogP contribution in [0.1, 0.15) is 31.0 Å². The zero-order valence-corrected chi connectivity index (χ0v) is 6.64. The zero-order chi connectivity index (χ0) is 9.35. The van der Waals surface area contributed by atoms with E-state index in [0.717, 1.165) is 6.26 Å². The summed E-state index contributed by atoms with van der Waals surface area (Å²) in [7, 11) is 0. The van der Waals surface area contributed by atoms with E-state index in [1.165, 1.54) is 0 Å². The third kappa shape index (κ3) is 1.60. The van der Waals surface area contributed by atoms with Gasteiger partial charge in [0.1, 0.15) is 6.26 Å². The number of hydrogen-bond acceptors (Lipinski definition) is 2. The predicted octanol–water partition coefficient (Wildman–Crippen LogP) is 2.82. The number of rotatable bonds is 1. The highest BCUT2D eigenvalue weighted by molar-refractivity contribution is 5.20. The largest absolute Gasteiger partial charge is 0.437 e. The second-order valence-corrected chi connectivity index (χ2v) is 2.77. The number of halogens is 3. The standard InChI is InChI=1S/C7H8F3NO/c1-4(2)5-3-12-11-6(5)7(8,9)10/h3-4H,1-2H3. The van der Waals surface area contributed by atoms with Gasteiger partial charge in [0, 0.05) is 5.56 Å². The highest BCUT2D eigenvalue weighted by Gasteiger charge is 2.37. The fraction of sp³-hybridized carbons (Fsp3) is 0.571. The van der Waals surface area contributed by atoms with Crippen molar-refractivity contribution < 1.29 is 17.7 Å². The maximum Gasteiger partial charge on any atom is 0.437 e. The van der Waals surface area contributed by atoms with Crippen molar-refractivity contribution in [3.05, 3.63) is 17.5 Å². The van der Waals surface area contributed by atoms with Crippen molar-refractivity contribution in [3.8, 4) is 0 Å². The smallest absolute Gasteiger partial charge is 0.364 e. The summed E-state index contributed by atoms with van der Waals surface area (Å²) in [5.41, 5.74) is -0.819. The van der Waals surface area contributed by atoms with E-state index in [1.54, 1.807) is 13.8 Å².